The number of hydrogen-bond donors (Lipinski definition) is 0. The van der Waals surface area contributed by atoms with E-state index in [4.69, 9.17) is 0 Å². The number of aromatic nitrogens is 1. The lowest BCUT2D eigenvalue weighted by Gasteiger charge is -2.24. The lowest BCUT2D eigenvalue weighted by molar-refractivity contribution is -0.134. The third kappa shape index (κ3) is 4.21. The van der Waals surface area contributed by atoms with Gasteiger partial charge in [-0.3, -0.25) is 9.59 Å². The number of amides is 2. The van der Waals surface area contributed by atoms with Crippen LogP contribution in [0.3, 0.4) is 0 Å². The number of nitrogens with zero attached hydrogens (tertiary/aromatic N) is 4. The average Bonchev–Trinajstić information content (AvgIpc) is 2.79. The molecule has 0 unspecified atom stereocenters. The summed E-state index contributed by atoms with van der Waals surface area (Å²) >= 11 is 0. The number of hydrogen-bond acceptors (Lipinski definition) is 4. The van der Waals surface area contributed by atoms with Gasteiger partial charge in [0.1, 0.15) is 5.82 Å². The molecule has 0 saturated carbocycles. The van der Waals surface area contributed by atoms with E-state index in [2.05, 4.69) is 9.88 Å². The minimum atomic E-state index is -0.0476. The highest BCUT2D eigenvalue weighted by molar-refractivity contribution is 5.93. The molecule has 0 bridgehead atoms. The van der Waals surface area contributed by atoms with E-state index in [1.165, 1.54) is 4.90 Å². The standard InChI is InChI=1S/C17H26N4O2/c1-13(2)16(22)21-9-5-8-20(10-11-21)15-7-6-14(12-18-15)17(23)19(3)4/h6-7,12-13H,5,8-11H2,1-4H3. The largest absolute Gasteiger partial charge is 0.355 e. The Morgan fingerprint density at radius 1 is 1.13 bits per heavy atom. The first-order valence-corrected chi connectivity index (χ1v) is 8.11. The average molecular weight is 318 g/mol. The molecule has 0 aliphatic carbocycles. The Hall–Kier alpha value is -2.11. The molecular weight excluding hydrogens is 292 g/mol. The molecule has 126 valence electrons. The summed E-state index contributed by atoms with van der Waals surface area (Å²) < 4.78 is 0. The Morgan fingerprint density at radius 3 is 2.43 bits per heavy atom. The van der Waals surface area contributed by atoms with Gasteiger partial charge in [0.15, 0.2) is 0 Å². The van der Waals surface area contributed by atoms with E-state index in [0.29, 0.717) is 5.56 Å². The Balaban J connectivity index is 2.03. The van der Waals surface area contributed by atoms with Crippen LogP contribution in [0.2, 0.25) is 0 Å². The molecule has 6 nitrogen and oxygen atoms in total. The molecule has 0 atom stereocenters. The quantitative estimate of drug-likeness (QED) is 0.847. The van der Waals surface area contributed by atoms with Crippen molar-refractivity contribution >= 4 is 17.6 Å². The van der Waals surface area contributed by atoms with Crippen LogP contribution in [0.5, 0.6) is 0 Å². The Labute approximate surface area is 138 Å². The van der Waals surface area contributed by atoms with Crippen LogP contribution in [0.1, 0.15) is 30.6 Å². The maximum atomic E-state index is 12.1. The summed E-state index contributed by atoms with van der Waals surface area (Å²) in [5, 5.41) is 0. The molecule has 0 aromatic carbocycles. The summed E-state index contributed by atoms with van der Waals surface area (Å²) in [5.41, 5.74) is 0.588. The molecule has 6 heteroatoms. The summed E-state index contributed by atoms with van der Waals surface area (Å²) in [7, 11) is 3.46. The smallest absolute Gasteiger partial charge is 0.254 e. The molecule has 1 aliphatic rings. The van der Waals surface area contributed by atoms with Gasteiger partial charge >= 0.3 is 0 Å². The third-order valence-electron chi connectivity index (χ3n) is 4.03. The number of anilines is 1. The van der Waals surface area contributed by atoms with Crippen LogP contribution in [0.4, 0.5) is 5.82 Å². The topological polar surface area (TPSA) is 56.8 Å². The van der Waals surface area contributed by atoms with Gasteiger partial charge in [-0.15, -0.1) is 0 Å². The summed E-state index contributed by atoms with van der Waals surface area (Å²) in [6.07, 6.45) is 2.55. The van der Waals surface area contributed by atoms with Gasteiger partial charge in [-0.25, -0.2) is 4.98 Å². The van der Waals surface area contributed by atoms with Crippen LogP contribution in [-0.4, -0.2) is 66.9 Å². The Morgan fingerprint density at radius 2 is 1.87 bits per heavy atom. The number of rotatable bonds is 3. The van der Waals surface area contributed by atoms with Crippen LogP contribution in [0.15, 0.2) is 18.3 Å². The second-order valence-corrected chi connectivity index (χ2v) is 6.43. The van der Waals surface area contributed by atoms with E-state index >= 15 is 0 Å². The molecule has 2 heterocycles. The fourth-order valence-electron chi connectivity index (χ4n) is 2.69. The van der Waals surface area contributed by atoms with E-state index < -0.39 is 0 Å². The molecule has 1 fully saturated rings. The summed E-state index contributed by atoms with van der Waals surface area (Å²) in [4.78, 5) is 34.1. The SMILES string of the molecule is CC(C)C(=O)N1CCCN(c2ccc(C(=O)N(C)C)cn2)CC1. The monoisotopic (exact) mass is 318 g/mol. The van der Waals surface area contributed by atoms with Gasteiger partial charge in [-0.2, -0.15) is 0 Å². The molecule has 1 aromatic rings. The highest BCUT2D eigenvalue weighted by Gasteiger charge is 2.21. The van der Waals surface area contributed by atoms with Crippen LogP contribution in [-0.2, 0) is 4.79 Å². The van der Waals surface area contributed by atoms with E-state index in [-0.39, 0.29) is 17.7 Å². The normalized spacial score (nSPS) is 15.5. The van der Waals surface area contributed by atoms with Crippen molar-refractivity contribution in [2.75, 3.05) is 45.2 Å². The predicted octanol–water partition coefficient (Wildman–Crippen LogP) is 1.48. The van der Waals surface area contributed by atoms with E-state index in [1.54, 1.807) is 20.3 Å². The highest BCUT2D eigenvalue weighted by atomic mass is 16.2. The van der Waals surface area contributed by atoms with Gasteiger partial charge < -0.3 is 14.7 Å². The molecule has 1 aromatic heterocycles. The van der Waals surface area contributed by atoms with Gasteiger partial charge in [0.05, 0.1) is 5.56 Å². The second-order valence-electron chi connectivity index (χ2n) is 6.43. The molecule has 1 saturated heterocycles. The lowest BCUT2D eigenvalue weighted by Crippen LogP contribution is -2.37. The van der Waals surface area contributed by atoms with Crippen LogP contribution in [0.25, 0.3) is 0 Å². The van der Waals surface area contributed by atoms with Crippen molar-refractivity contribution in [3.8, 4) is 0 Å². The molecule has 0 N–H and O–H groups in total. The van der Waals surface area contributed by atoms with Crippen molar-refractivity contribution in [2.24, 2.45) is 5.92 Å². The van der Waals surface area contributed by atoms with Gasteiger partial charge in [-0.1, -0.05) is 13.8 Å². The van der Waals surface area contributed by atoms with Gasteiger partial charge in [-0.05, 0) is 18.6 Å². The van der Waals surface area contributed by atoms with Crippen molar-refractivity contribution in [2.45, 2.75) is 20.3 Å². The van der Waals surface area contributed by atoms with Crippen LogP contribution >= 0.6 is 0 Å². The maximum Gasteiger partial charge on any atom is 0.254 e. The van der Waals surface area contributed by atoms with Crippen molar-refractivity contribution in [1.82, 2.24) is 14.8 Å². The molecule has 0 spiro atoms. The summed E-state index contributed by atoms with van der Waals surface area (Å²) in [6, 6.07) is 3.70. The zero-order valence-corrected chi connectivity index (χ0v) is 14.5. The molecule has 1 aliphatic heterocycles. The van der Waals surface area contributed by atoms with Gasteiger partial charge in [0, 0.05) is 52.4 Å². The Bertz CT molecular complexity index is 554. The van der Waals surface area contributed by atoms with Gasteiger partial charge in [0.2, 0.25) is 5.91 Å². The third-order valence-corrected chi connectivity index (χ3v) is 4.03. The lowest BCUT2D eigenvalue weighted by atomic mass is 10.2. The molecule has 2 amide bonds. The number of carbonyl (C=O) groups is 2. The zero-order chi connectivity index (χ0) is 17.0. The Kier molecular flexibility index (Phi) is 5.58. The van der Waals surface area contributed by atoms with Crippen LogP contribution < -0.4 is 4.90 Å². The van der Waals surface area contributed by atoms with E-state index in [9.17, 15) is 9.59 Å². The first-order valence-electron chi connectivity index (χ1n) is 8.11. The molecule has 23 heavy (non-hydrogen) atoms. The maximum absolute atomic E-state index is 12.1. The number of pyridine rings is 1. The fraction of sp³-hybridized carbons (Fsp3) is 0.588. The van der Waals surface area contributed by atoms with Gasteiger partial charge in [0.25, 0.3) is 5.91 Å². The highest BCUT2D eigenvalue weighted by Crippen LogP contribution is 2.16. The molecular formula is C17H26N4O2. The zero-order valence-electron chi connectivity index (χ0n) is 14.5. The number of carbonyl (C=O) groups excluding carboxylic acids is 2. The summed E-state index contributed by atoms with van der Waals surface area (Å²) in [6.45, 7) is 7.03. The van der Waals surface area contributed by atoms with E-state index in [1.807, 2.05) is 30.9 Å². The van der Waals surface area contributed by atoms with Crippen molar-refractivity contribution in [3.05, 3.63) is 23.9 Å². The predicted molar refractivity (Wildman–Crippen MR) is 90.5 cm³/mol. The van der Waals surface area contributed by atoms with E-state index in [0.717, 1.165) is 38.4 Å². The minimum absolute atomic E-state index is 0.0380. The van der Waals surface area contributed by atoms with Crippen LogP contribution in [0, 0.1) is 5.92 Å². The molecule has 0 radical (unpaired) electrons. The first-order chi connectivity index (χ1) is 10.9. The first kappa shape index (κ1) is 17.2. The minimum Gasteiger partial charge on any atom is -0.355 e. The van der Waals surface area contributed by atoms with Crippen molar-refractivity contribution < 1.29 is 9.59 Å². The molecule has 2 rings (SSSR count). The van der Waals surface area contributed by atoms with Crippen molar-refractivity contribution in [3.63, 3.8) is 0 Å². The van der Waals surface area contributed by atoms with Crippen molar-refractivity contribution in [1.29, 1.82) is 0 Å². The second kappa shape index (κ2) is 7.44. The fourth-order valence-corrected chi connectivity index (χ4v) is 2.69. The summed E-state index contributed by atoms with van der Waals surface area (Å²) in [5.74, 6) is 1.07.